The molecule has 7 heteroatoms. The summed E-state index contributed by atoms with van der Waals surface area (Å²) in [6.07, 6.45) is 4.18. The largest absolute Gasteiger partial charge is 0.439 e. The highest BCUT2D eigenvalue weighted by Gasteiger charge is 2.20. The van der Waals surface area contributed by atoms with Crippen LogP contribution in [-0.2, 0) is 13.0 Å². The molecule has 156 valence electrons. The standard InChI is InChI=1S/C24H23N5O2/c1-16-4-3-5-18(12-16)27-24(30)29-11-8-17-13-19(6-7-22(17)29)31-23-20-9-10-28(2)14-21(20)25-15-26-23/h3-8,11-13,15H,9-10,14H2,1-2H3,(H,27,30). The van der Waals surface area contributed by atoms with Crippen LogP contribution >= 0.6 is 0 Å². The van der Waals surface area contributed by atoms with Gasteiger partial charge in [-0.2, -0.15) is 0 Å². The van der Waals surface area contributed by atoms with E-state index in [1.165, 1.54) is 0 Å². The van der Waals surface area contributed by atoms with Crippen LogP contribution in [0.4, 0.5) is 10.5 Å². The second-order valence-corrected chi connectivity index (χ2v) is 7.90. The van der Waals surface area contributed by atoms with Crippen molar-refractivity contribution < 1.29 is 9.53 Å². The number of rotatable bonds is 3. The maximum absolute atomic E-state index is 12.8. The molecule has 1 N–H and O–H groups in total. The van der Waals surface area contributed by atoms with Gasteiger partial charge in [0.1, 0.15) is 12.1 Å². The summed E-state index contributed by atoms with van der Waals surface area (Å²) in [5.74, 6) is 1.29. The van der Waals surface area contributed by atoms with E-state index in [-0.39, 0.29) is 6.03 Å². The number of hydrogen-bond acceptors (Lipinski definition) is 5. The summed E-state index contributed by atoms with van der Waals surface area (Å²) in [5, 5.41) is 3.86. The van der Waals surface area contributed by atoms with Gasteiger partial charge in [-0.1, -0.05) is 12.1 Å². The van der Waals surface area contributed by atoms with Gasteiger partial charge in [0.05, 0.1) is 11.2 Å². The van der Waals surface area contributed by atoms with Gasteiger partial charge in [0.15, 0.2) is 0 Å². The van der Waals surface area contributed by atoms with Crippen molar-refractivity contribution in [1.29, 1.82) is 0 Å². The first-order chi connectivity index (χ1) is 15.1. The number of benzene rings is 2. The number of nitrogens with zero attached hydrogens (tertiary/aromatic N) is 4. The van der Waals surface area contributed by atoms with E-state index in [4.69, 9.17) is 4.74 Å². The lowest BCUT2D eigenvalue weighted by Gasteiger charge is -2.24. The van der Waals surface area contributed by atoms with E-state index in [2.05, 4.69) is 27.2 Å². The summed E-state index contributed by atoms with van der Waals surface area (Å²) < 4.78 is 7.72. The highest BCUT2D eigenvalue weighted by Crippen LogP contribution is 2.30. The molecule has 1 aliphatic rings. The fourth-order valence-corrected chi connectivity index (χ4v) is 3.92. The Hall–Kier alpha value is -3.71. The van der Waals surface area contributed by atoms with Crippen LogP contribution in [0.15, 0.2) is 61.1 Å². The highest BCUT2D eigenvalue weighted by atomic mass is 16.5. The number of ether oxygens (including phenoxy) is 1. The van der Waals surface area contributed by atoms with Crippen molar-refractivity contribution in [2.75, 3.05) is 18.9 Å². The lowest BCUT2D eigenvalue weighted by molar-refractivity contribution is 0.254. The number of aromatic nitrogens is 3. The average molecular weight is 413 g/mol. The van der Waals surface area contributed by atoms with Gasteiger partial charge in [0, 0.05) is 35.9 Å². The zero-order chi connectivity index (χ0) is 21.4. The molecule has 2 aromatic heterocycles. The van der Waals surface area contributed by atoms with Crippen molar-refractivity contribution in [3.05, 3.63) is 77.9 Å². The number of carbonyl (C=O) groups excluding carboxylic acids is 1. The van der Waals surface area contributed by atoms with Crippen LogP contribution in [0, 0.1) is 6.92 Å². The molecule has 2 aromatic carbocycles. The predicted octanol–water partition coefficient (Wildman–Crippen LogP) is 4.60. The molecule has 0 atom stereocenters. The van der Waals surface area contributed by atoms with E-state index in [9.17, 15) is 4.79 Å². The summed E-state index contributed by atoms with van der Waals surface area (Å²) >= 11 is 0. The zero-order valence-electron chi connectivity index (χ0n) is 17.5. The number of likely N-dealkylation sites (N-methyl/N-ethyl adjacent to an activating group) is 1. The Morgan fingerprint density at radius 2 is 2.03 bits per heavy atom. The van der Waals surface area contributed by atoms with Crippen molar-refractivity contribution in [2.45, 2.75) is 19.9 Å². The highest BCUT2D eigenvalue weighted by molar-refractivity contribution is 5.98. The van der Waals surface area contributed by atoms with Crippen molar-refractivity contribution in [1.82, 2.24) is 19.4 Å². The molecule has 7 nitrogen and oxygen atoms in total. The van der Waals surface area contributed by atoms with E-state index in [0.29, 0.717) is 11.6 Å². The Morgan fingerprint density at radius 1 is 1.13 bits per heavy atom. The lowest BCUT2D eigenvalue weighted by atomic mass is 10.1. The first-order valence-corrected chi connectivity index (χ1v) is 10.2. The van der Waals surface area contributed by atoms with Crippen LogP contribution in [0.5, 0.6) is 11.6 Å². The van der Waals surface area contributed by atoms with Gasteiger partial charge in [-0.3, -0.25) is 4.57 Å². The Bertz CT molecular complexity index is 1280. The lowest BCUT2D eigenvalue weighted by Crippen LogP contribution is -2.27. The van der Waals surface area contributed by atoms with Gasteiger partial charge < -0.3 is 15.0 Å². The van der Waals surface area contributed by atoms with Gasteiger partial charge in [0.2, 0.25) is 5.88 Å². The van der Waals surface area contributed by atoms with E-state index in [0.717, 1.165) is 52.9 Å². The molecule has 1 amide bonds. The molecule has 3 heterocycles. The second kappa shape index (κ2) is 7.85. The number of anilines is 1. The van der Waals surface area contributed by atoms with Crippen LogP contribution in [0.1, 0.15) is 16.8 Å². The number of nitrogens with one attached hydrogen (secondary N) is 1. The predicted molar refractivity (Wildman–Crippen MR) is 120 cm³/mol. The normalized spacial score (nSPS) is 13.7. The molecule has 4 aromatic rings. The molecule has 0 radical (unpaired) electrons. The summed E-state index contributed by atoms with van der Waals surface area (Å²) in [5.41, 5.74) is 4.75. The van der Waals surface area contributed by atoms with Crippen molar-refractivity contribution in [3.8, 4) is 11.6 Å². The minimum atomic E-state index is -0.205. The Morgan fingerprint density at radius 3 is 2.90 bits per heavy atom. The minimum Gasteiger partial charge on any atom is -0.439 e. The smallest absolute Gasteiger partial charge is 0.330 e. The molecule has 5 rings (SSSR count). The van der Waals surface area contributed by atoms with E-state index in [1.54, 1.807) is 17.1 Å². The minimum absolute atomic E-state index is 0.205. The molecule has 31 heavy (non-hydrogen) atoms. The van der Waals surface area contributed by atoms with E-state index >= 15 is 0 Å². The quantitative estimate of drug-likeness (QED) is 0.531. The first kappa shape index (κ1) is 19.3. The third kappa shape index (κ3) is 3.87. The Labute approximate surface area is 180 Å². The molecule has 0 saturated heterocycles. The monoisotopic (exact) mass is 413 g/mol. The first-order valence-electron chi connectivity index (χ1n) is 10.2. The Kier molecular flexibility index (Phi) is 4.88. The SMILES string of the molecule is Cc1cccc(NC(=O)n2ccc3cc(Oc4ncnc5c4CCN(C)C5)ccc32)c1. The average Bonchev–Trinajstić information content (AvgIpc) is 3.17. The van der Waals surface area contributed by atoms with Crippen LogP contribution in [0.3, 0.4) is 0 Å². The summed E-state index contributed by atoms with van der Waals surface area (Å²) in [4.78, 5) is 23.8. The van der Waals surface area contributed by atoms with Crippen molar-refractivity contribution >= 4 is 22.6 Å². The van der Waals surface area contributed by atoms with Crippen LogP contribution in [-0.4, -0.2) is 39.1 Å². The van der Waals surface area contributed by atoms with E-state index in [1.807, 2.05) is 55.5 Å². The van der Waals surface area contributed by atoms with E-state index < -0.39 is 0 Å². The molecule has 0 saturated carbocycles. The number of aryl methyl sites for hydroxylation is 1. The van der Waals surface area contributed by atoms with Crippen molar-refractivity contribution in [3.63, 3.8) is 0 Å². The molecule has 1 aliphatic heterocycles. The van der Waals surface area contributed by atoms with Gasteiger partial charge in [0.25, 0.3) is 0 Å². The van der Waals surface area contributed by atoms with Gasteiger partial charge in [-0.15, -0.1) is 0 Å². The topological polar surface area (TPSA) is 72.3 Å². The number of hydrogen-bond donors (Lipinski definition) is 1. The number of amides is 1. The summed E-state index contributed by atoms with van der Waals surface area (Å²) in [7, 11) is 2.08. The molecule has 0 aliphatic carbocycles. The second-order valence-electron chi connectivity index (χ2n) is 7.90. The van der Waals surface area contributed by atoms with Crippen LogP contribution < -0.4 is 10.1 Å². The Balaban J connectivity index is 1.39. The van der Waals surface area contributed by atoms with Crippen LogP contribution in [0.25, 0.3) is 10.9 Å². The van der Waals surface area contributed by atoms with Gasteiger partial charge in [-0.05, 0) is 62.4 Å². The molecular weight excluding hydrogens is 390 g/mol. The fourth-order valence-electron chi connectivity index (χ4n) is 3.92. The number of carbonyl (C=O) groups is 1. The maximum atomic E-state index is 12.8. The molecule has 0 unspecified atom stereocenters. The van der Waals surface area contributed by atoms with Crippen LogP contribution in [0.2, 0.25) is 0 Å². The third-order valence-electron chi connectivity index (χ3n) is 5.52. The third-order valence-corrected chi connectivity index (χ3v) is 5.52. The van der Waals surface area contributed by atoms with Gasteiger partial charge >= 0.3 is 6.03 Å². The van der Waals surface area contributed by atoms with Gasteiger partial charge in [-0.25, -0.2) is 14.8 Å². The summed E-state index contributed by atoms with van der Waals surface area (Å²) in [6, 6.07) is 15.1. The fraction of sp³-hybridized carbons (Fsp3) is 0.208. The zero-order valence-corrected chi connectivity index (χ0v) is 17.5. The molecule has 0 spiro atoms. The number of fused-ring (bicyclic) bond motifs is 2. The summed E-state index contributed by atoms with van der Waals surface area (Å²) in [6.45, 7) is 3.75. The molecular formula is C24H23N5O2. The van der Waals surface area contributed by atoms with Crippen molar-refractivity contribution in [2.24, 2.45) is 0 Å². The maximum Gasteiger partial charge on any atom is 0.330 e. The molecule has 0 fully saturated rings. The molecule has 0 bridgehead atoms.